The molecule has 0 aromatic heterocycles. The van der Waals surface area contributed by atoms with Gasteiger partial charge in [0.2, 0.25) is 0 Å². The molecule has 1 rings (SSSR count). The van der Waals surface area contributed by atoms with Crippen molar-refractivity contribution in [3.63, 3.8) is 0 Å². The van der Waals surface area contributed by atoms with Crippen molar-refractivity contribution >= 4 is 5.78 Å². The molecule has 1 N–H and O–H groups in total. The first-order valence-electron chi connectivity index (χ1n) is 4.92. The van der Waals surface area contributed by atoms with Crippen LogP contribution >= 0.6 is 0 Å². The number of benzene rings is 1. The van der Waals surface area contributed by atoms with E-state index in [9.17, 15) is 4.79 Å². The Morgan fingerprint density at radius 2 is 2.13 bits per heavy atom. The zero-order valence-corrected chi connectivity index (χ0v) is 9.63. The van der Waals surface area contributed by atoms with E-state index >= 15 is 0 Å². The molecule has 0 saturated carbocycles. The van der Waals surface area contributed by atoms with Gasteiger partial charge in [0.05, 0.1) is 13.2 Å². The minimum absolute atomic E-state index is 0.0846. The van der Waals surface area contributed by atoms with E-state index < -0.39 is 0 Å². The lowest BCUT2D eigenvalue weighted by Gasteiger charge is -2.17. The Morgan fingerprint density at radius 3 is 2.60 bits per heavy atom. The molecule has 1 aromatic carbocycles. The molecule has 0 saturated heterocycles. The lowest BCUT2D eigenvalue weighted by atomic mass is 10.0. The number of ketones is 1. The Balaban J connectivity index is 3.19. The number of rotatable bonds is 4. The van der Waals surface area contributed by atoms with E-state index in [0.717, 1.165) is 16.9 Å². The van der Waals surface area contributed by atoms with Gasteiger partial charge >= 0.3 is 0 Å². The van der Waals surface area contributed by atoms with Gasteiger partial charge in [-0.1, -0.05) is 17.7 Å². The van der Waals surface area contributed by atoms with Gasteiger partial charge in [-0.05, 0) is 27.0 Å². The molecule has 0 bridgehead atoms. The van der Waals surface area contributed by atoms with Crippen LogP contribution in [-0.2, 0) is 4.79 Å². The summed E-state index contributed by atoms with van der Waals surface area (Å²) in [7, 11) is 3.38. The quantitative estimate of drug-likeness (QED) is 0.819. The summed E-state index contributed by atoms with van der Waals surface area (Å²) in [5.74, 6) is 0.830. The molecule has 0 radical (unpaired) electrons. The second kappa shape index (κ2) is 4.94. The highest BCUT2D eigenvalue weighted by Crippen LogP contribution is 2.26. The zero-order valence-electron chi connectivity index (χ0n) is 9.63. The van der Waals surface area contributed by atoms with Crippen molar-refractivity contribution in [3.8, 4) is 5.75 Å². The second-order valence-corrected chi connectivity index (χ2v) is 3.58. The van der Waals surface area contributed by atoms with Crippen molar-refractivity contribution in [1.29, 1.82) is 0 Å². The van der Waals surface area contributed by atoms with Gasteiger partial charge in [-0.2, -0.15) is 0 Å². The van der Waals surface area contributed by atoms with Crippen LogP contribution in [0.2, 0.25) is 0 Å². The third-order valence-electron chi connectivity index (χ3n) is 2.39. The molecule has 1 aromatic rings. The number of methoxy groups -OCH3 is 1. The molecule has 3 nitrogen and oxygen atoms in total. The molecule has 0 fully saturated rings. The topological polar surface area (TPSA) is 38.3 Å². The number of hydrogen-bond acceptors (Lipinski definition) is 3. The van der Waals surface area contributed by atoms with Gasteiger partial charge in [-0.3, -0.25) is 4.79 Å². The number of nitrogens with one attached hydrogen (secondary N) is 1. The number of Topliss-reactive ketones (excluding diaryl/α,β-unsaturated/α-hetero) is 1. The fraction of sp³-hybridized carbons (Fsp3) is 0.417. The van der Waals surface area contributed by atoms with Crippen molar-refractivity contribution in [3.05, 3.63) is 29.3 Å². The van der Waals surface area contributed by atoms with E-state index in [-0.39, 0.29) is 11.8 Å². The fourth-order valence-electron chi connectivity index (χ4n) is 1.66. The number of ether oxygens (including phenoxy) is 1. The standard InChI is InChI=1S/C12H17NO2/c1-8-5-6-11(15-4)10(7-8)12(13-3)9(2)14/h5-7,12-13H,1-4H3. The van der Waals surface area contributed by atoms with Crippen molar-refractivity contribution in [2.75, 3.05) is 14.2 Å². The van der Waals surface area contributed by atoms with Gasteiger partial charge in [0.25, 0.3) is 0 Å². The molecule has 0 heterocycles. The third-order valence-corrected chi connectivity index (χ3v) is 2.39. The summed E-state index contributed by atoms with van der Waals surface area (Å²) in [5, 5.41) is 2.99. The minimum Gasteiger partial charge on any atom is -0.496 e. The van der Waals surface area contributed by atoms with Crippen molar-refractivity contribution in [1.82, 2.24) is 5.32 Å². The van der Waals surface area contributed by atoms with Crippen molar-refractivity contribution in [2.45, 2.75) is 19.9 Å². The molecule has 3 heteroatoms. The van der Waals surface area contributed by atoms with Gasteiger partial charge in [0, 0.05) is 5.56 Å². The molecule has 0 aliphatic heterocycles. The van der Waals surface area contributed by atoms with Crippen LogP contribution in [0.15, 0.2) is 18.2 Å². The highest BCUT2D eigenvalue weighted by molar-refractivity contribution is 5.83. The first kappa shape index (κ1) is 11.7. The van der Waals surface area contributed by atoms with Gasteiger partial charge in [0.1, 0.15) is 5.75 Å². The van der Waals surface area contributed by atoms with Crippen LogP contribution in [0.25, 0.3) is 0 Å². The Bertz CT molecular complexity index is 361. The van der Waals surface area contributed by atoms with Crippen LogP contribution in [0, 0.1) is 6.92 Å². The average molecular weight is 207 g/mol. The summed E-state index contributed by atoms with van der Waals surface area (Å²) in [6.45, 7) is 3.57. The maximum atomic E-state index is 11.4. The largest absolute Gasteiger partial charge is 0.496 e. The molecular formula is C12H17NO2. The van der Waals surface area contributed by atoms with E-state index in [1.54, 1.807) is 21.1 Å². The fourth-order valence-corrected chi connectivity index (χ4v) is 1.66. The maximum Gasteiger partial charge on any atom is 0.151 e. The van der Waals surface area contributed by atoms with Crippen LogP contribution in [0.3, 0.4) is 0 Å². The van der Waals surface area contributed by atoms with E-state index in [2.05, 4.69) is 5.32 Å². The number of aryl methyl sites for hydroxylation is 1. The number of carbonyl (C=O) groups excluding carboxylic acids is 1. The normalized spacial score (nSPS) is 12.3. The molecule has 15 heavy (non-hydrogen) atoms. The van der Waals surface area contributed by atoms with E-state index in [0.29, 0.717) is 0 Å². The van der Waals surface area contributed by atoms with Crippen LogP contribution in [-0.4, -0.2) is 19.9 Å². The number of hydrogen-bond donors (Lipinski definition) is 1. The maximum absolute atomic E-state index is 11.4. The summed E-state index contributed by atoms with van der Waals surface area (Å²) in [5.41, 5.74) is 2.01. The van der Waals surface area contributed by atoms with Crippen LogP contribution in [0.1, 0.15) is 24.1 Å². The summed E-state index contributed by atoms with van der Waals surface area (Å²) >= 11 is 0. The van der Waals surface area contributed by atoms with Gasteiger partial charge in [0.15, 0.2) is 5.78 Å². The summed E-state index contributed by atoms with van der Waals surface area (Å²) in [6, 6.07) is 5.54. The second-order valence-electron chi connectivity index (χ2n) is 3.58. The first-order valence-corrected chi connectivity index (χ1v) is 4.92. The summed E-state index contributed by atoms with van der Waals surface area (Å²) in [6.07, 6.45) is 0. The number of carbonyl (C=O) groups is 1. The monoisotopic (exact) mass is 207 g/mol. The molecule has 1 atom stereocenters. The predicted molar refractivity (Wildman–Crippen MR) is 60.2 cm³/mol. The molecule has 0 aliphatic rings. The van der Waals surface area contributed by atoms with Crippen molar-refractivity contribution in [2.24, 2.45) is 0 Å². The highest BCUT2D eigenvalue weighted by atomic mass is 16.5. The zero-order chi connectivity index (χ0) is 11.4. The molecule has 0 aliphatic carbocycles. The Kier molecular flexibility index (Phi) is 3.86. The van der Waals surface area contributed by atoms with Crippen molar-refractivity contribution < 1.29 is 9.53 Å². The average Bonchev–Trinajstić information content (AvgIpc) is 2.18. The highest BCUT2D eigenvalue weighted by Gasteiger charge is 2.18. The van der Waals surface area contributed by atoms with Crippen LogP contribution in [0.5, 0.6) is 5.75 Å². The molecular weight excluding hydrogens is 190 g/mol. The van der Waals surface area contributed by atoms with Gasteiger partial charge < -0.3 is 10.1 Å². The molecule has 0 amide bonds. The summed E-state index contributed by atoms with van der Waals surface area (Å²) in [4.78, 5) is 11.4. The molecule has 82 valence electrons. The summed E-state index contributed by atoms with van der Waals surface area (Å²) < 4.78 is 5.24. The van der Waals surface area contributed by atoms with E-state index in [4.69, 9.17) is 4.74 Å². The Morgan fingerprint density at radius 1 is 1.47 bits per heavy atom. The lowest BCUT2D eigenvalue weighted by Crippen LogP contribution is -2.23. The smallest absolute Gasteiger partial charge is 0.151 e. The first-order chi connectivity index (χ1) is 7.10. The predicted octanol–water partition coefficient (Wildman–Crippen LogP) is 1.85. The van der Waals surface area contributed by atoms with Crippen LogP contribution in [0.4, 0.5) is 0 Å². The minimum atomic E-state index is -0.292. The van der Waals surface area contributed by atoms with Crippen LogP contribution < -0.4 is 10.1 Å². The van der Waals surface area contributed by atoms with Gasteiger partial charge in [-0.25, -0.2) is 0 Å². The van der Waals surface area contributed by atoms with E-state index in [1.807, 2.05) is 25.1 Å². The SMILES string of the molecule is CNC(C(C)=O)c1cc(C)ccc1OC. The molecule has 1 unspecified atom stereocenters. The number of likely N-dealkylation sites (N-methyl/N-ethyl adjacent to an activating group) is 1. The van der Waals surface area contributed by atoms with Gasteiger partial charge in [-0.15, -0.1) is 0 Å². The molecule has 0 spiro atoms. The lowest BCUT2D eigenvalue weighted by molar-refractivity contribution is -0.119. The Labute approximate surface area is 90.4 Å². The third kappa shape index (κ3) is 2.57. The van der Waals surface area contributed by atoms with E-state index in [1.165, 1.54) is 0 Å². The Hall–Kier alpha value is -1.35.